The first-order valence-electron chi connectivity index (χ1n) is 11.4. The highest BCUT2D eigenvalue weighted by atomic mass is 32.2. The second kappa shape index (κ2) is 11.1. The summed E-state index contributed by atoms with van der Waals surface area (Å²) in [7, 11) is -2.18. The Morgan fingerprint density at radius 2 is 1.68 bits per heavy atom. The van der Waals surface area contributed by atoms with Crippen molar-refractivity contribution < 1.29 is 35.8 Å². The lowest BCUT2D eigenvalue weighted by molar-refractivity contribution is -0.153. The number of nitrogens with zero attached hydrogens (tertiary/aromatic N) is 2. The third-order valence-corrected chi connectivity index (χ3v) is 7.22. The fraction of sp³-hybridized carbons (Fsp3) is 0.231. The van der Waals surface area contributed by atoms with Crippen LogP contribution in [0.5, 0.6) is 17.2 Å². The van der Waals surface area contributed by atoms with Gasteiger partial charge in [-0.2, -0.15) is 13.2 Å². The van der Waals surface area contributed by atoms with Crippen molar-refractivity contribution in [3.05, 3.63) is 72.6 Å². The Bertz CT molecular complexity index is 1530. The molecule has 0 bridgehead atoms. The Labute approximate surface area is 217 Å². The van der Waals surface area contributed by atoms with Crippen LogP contribution in [0.4, 0.5) is 24.7 Å². The van der Waals surface area contributed by atoms with E-state index in [2.05, 4.69) is 15.3 Å². The molecule has 0 saturated carbocycles. The van der Waals surface area contributed by atoms with Crippen LogP contribution in [0.1, 0.15) is 12.5 Å². The van der Waals surface area contributed by atoms with Gasteiger partial charge in [0.1, 0.15) is 24.5 Å². The molecule has 0 aliphatic carbocycles. The summed E-state index contributed by atoms with van der Waals surface area (Å²) in [6, 6.07) is 16.4. The molecule has 38 heavy (non-hydrogen) atoms. The Morgan fingerprint density at radius 1 is 0.921 bits per heavy atom. The van der Waals surface area contributed by atoms with Crippen molar-refractivity contribution in [3.63, 3.8) is 0 Å². The number of nitrogens with one attached hydrogen (secondary N) is 1. The highest BCUT2D eigenvalue weighted by Crippen LogP contribution is 2.37. The lowest BCUT2D eigenvalue weighted by Gasteiger charge is -2.17. The zero-order valence-corrected chi connectivity index (χ0v) is 21.3. The van der Waals surface area contributed by atoms with E-state index in [1.54, 1.807) is 12.1 Å². The summed E-state index contributed by atoms with van der Waals surface area (Å²) in [6.45, 7) is 0.206. The van der Waals surface area contributed by atoms with Crippen LogP contribution in [-0.2, 0) is 16.4 Å². The van der Waals surface area contributed by atoms with Gasteiger partial charge in [-0.25, -0.2) is 18.4 Å². The topological polar surface area (TPSA) is 99.6 Å². The molecule has 1 heterocycles. The third kappa shape index (κ3) is 6.43. The van der Waals surface area contributed by atoms with Gasteiger partial charge in [-0.1, -0.05) is 37.3 Å². The van der Waals surface area contributed by atoms with Crippen LogP contribution >= 0.6 is 0 Å². The van der Waals surface area contributed by atoms with E-state index in [1.165, 1.54) is 38.6 Å². The van der Waals surface area contributed by atoms with Crippen molar-refractivity contribution in [1.82, 2.24) is 9.97 Å². The molecular formula is C26H24F3N3O5S. The average Bonchev–Trinajstić information content (AvgIpc) is 2.90. The average molecular weight is 548 g/mol. The first-order valence-corrected chi connectivity index (χ1v) is 13.1. The van der Waals surface area contributed by atoms with Crippen LogP contribution in [0, 0.1) is 0 Å². The number of halogens is 3. The van der Waals surface area contributed by atoms with Crippen LogP contribution in [0.2, 0.25) is 0 Å². The smallest absolute Gasteiger partial charge is 0.422 e. The highest BCUT2D eigenvalue weighted by molar-refractivity contribution is 7.91. The van der Waals surface area contributed by atoms with E-state index in [1.807, 2.05) is 30.3 Å². The molecular weight excluding hydrogens is 523 g/mol. The van der Waals surface area contributed by atoms with Gasteiger partial charge in [0.2, 0.25) is 0 Å². The van der Waals surface area contributed by atoms with E-state index in [0.717, 1.165) is 5.56 Å². The molecule has 0 spiro atoms. The maximum Gasteiger partial charge on any atom is 0.422 e. The molecule has 0 atom stereocenters. The predicted octanol–water partition coefficient (Wildman–Crippen LogP) is 5.70. The van der Waals surface area contributed by atoms with Crippen molar-refractivity contribution in [3.8, 4) is 17.2 Å². The molecule has 4 aromatic rings. The largest absolute Gasteiger partial charge is 0.493 e. The van der Waals surface area contributed by atoms with E-state index >= 15 is 0 Å². The Morgan fingerprint density at radius 3 is 2.37 bits per heavy atom. The zero-order valence-electron chi connectivity index (χ0n) is 20.4. The summed E-state index contributed by atoms with van der Waals surface area (Å²) in [6.07, 6.45) is -3.32. The van der Waals surface area contributed by atoms with Gasteiger partial charge in [-0.15, -0.1) is 0 Å². The van der Waals surface area contributed by atoms with E-state index in [0.29, 0.717) is 22.4 Å². The second-order valence-electron chi connectivity index (χ2n) is 8.11. The Balaban J connectivity index is 1.72. The maximum absolute atomic E-state index is 12.8. The minimum absolute atomic E-state index is 0.00727. The van der Waals surface area contributed by atoms with Crippen molar-refractivity contribution in [2.24, 2.45) is 0 Å². The third-order valence-electron chi connectivity index (χ3n) is 5.49. The van der Waals surface area contributed by atoms with Gasteiger partial charge in [0.15, 0.2) is 27.9 Å². The van der Waals surface area contributed by atoms with Crippen molar-refractivity contribution in [2.75, 3.05) is 24.8 Å². The van der Waals surface area contributed by atoms with Gasteiger partial charge in [-0.3, -0.25) is 0 Å². The summed E-state index contributed by atoms with van der Waals surface area (Å²) < 4.78 is 79.7. The molecule has 0 amide bonds. The van der Waals surface area contributed by atoms with E-state index in [4.69, 9.17) is 14.2 Å². The van der Waals surface area contributed by atoms with Crippen LogP contribution in [-0.4, -0.2) is 44.0 Å². The lowest BCUT2D eigenvalue weighted by atomic mass is 10.2. The first kappa shape index (κ1) is 27.0. The van der Waals surface area contributed by atoms with E-state index < -0.39 is 22.6 Å². The fourth-order valence-corrected chi connectivity index (χ4v) is 4.46. The van der Waals surface area contributed by atoms with Crippen LogP contribution in [0.15, 0.2) is 71.9 Å². The number of aromatic nitrogens is 2. The van der Waals surface area contributed by atoms with E-state index in [-0.39, 0.29) is 34.5 Å². The molecule has 3 aromatic carbocycles. The number of ether oxygens (including phenoxy) is 3. The maximum atomic E-state index is 12.8. The van der Waals surface area contributed by atoms with Gasteiger partial charge in [0.25, 0.3) is 0 Å². The number of alkyl halides is 3. The number of anilines is 2. The van der Waals surface area contributed by atoms with Gasteiger partial charge in [-0.05, 0) is 29.8 Å². The molecule has 0 aliphatic rings. The van der Waals surface area contributed by atoms with E-state index in [9.17, 15) is 21.6 Å². The standard InChI is InChI=1S/C26H24F3N3O5S/c1-3-38(33,34)18-9-10-22(37-15-26(27,28)29)21(11-18)32-25-19-12-23(35-2)24(13-20(19)30-16-31-25)36-14-17-7-5-4-6-8-17/h4-13,16H,3,14-15H2,1-2H3,(H,30,31,32). The minimum atomic E-state index is -4.59. The van der Waals surface area contributed by atoms with Crippen LogP contribution < -0.4 is 19.5 Å². The molecule has 1 aromatic heterocycles. The number of rotatable bonds is 10. The Hall–Kier alpha value is -4.06. The molecule has 0 fully saturated rings. The van der Waals surface area contributed by atoms with Crippen LogP contribution in [0.25, 0.3) is 10.9 Å². The number of hydrogen-bond donors (Lipinski definition) is 1. The fourth-order valence-electron chi connectivity index (χ4n) is 3.55. The lowest BCUT2D eigenvalue weighted by Crippen LogP contribution is -2.19. The van der Waals surface area contributed by atoms with Gasteiger partial charge in [0.05, 0.1) is 29.0 Å². The number of benzene rings is 3. The second-order valence-corrected chi connectivity index (χ2v) is 10.4. The van der Waals surface area contributed by atoms with Gasteiger partial charge < -0.3 is 19.5 Å². The van der Waals surface area contributed by atoms with Gasteiger partial charge in [0, 0.05) is 11.5 Å². The molecule has 8 nitrogen and oxygen atoms in total. The molecule has 0 aliphatic heterocycles. The molecule has 0 radical (unpaired) electrons. The molecule has 12 heteroatoms. The predicted molar refractivity (Wildman–Crippen MR) is 136 cm³/mol. The normalized spacial score (nSPS) is 11.8. The zero-order chi connectivity index (χ0) is 27.3. The monoisotopic (exact) mass is 547 g/mol. The minimum Gasteiger partial charge on any atom is -0.493 e. The van der Waals surface area contributed by atoms with Crippen molar-refractivity contribution in [1.29, 1.82) is 0 Å². The SMILES string of the molecule is CCS(=O)(=O)c1ccc(OCC(F)(F)F)c(Nc2ncnc3cc(OCc4ccccc4)c(OC)cc23)c1. The highest BCUT2D eigenvalue weighted by Gasteiger charge is 2.29. The number of sulfone groups is 1. The summed E-state index contributed by atoms with van der Waals surface area (Å²) in [4.78, 5) is 8.42. The number of hydrogen-bond acceptors (Lipinski definition) is 8. The van der Waals surface area contributed by atoms with Crippen molar-refractivity contribution >= 4 is 32.2 Å². The van der Waals surface area contributed by atoms with Gasteiger partial charge >= 0.3 is 6.18 Å². The summed E-state index contributed by atoms with van der Waals surface area (Å²) in [5.74, 6) is 0.625. The van der Waals surface area contributed by atoms with Crippen molar-refractivity contribution in [2.45, 2.75) is 24.6 Å². The Kier molecular flexibility index (Phi) is 7.91. The quantitative estimate of drug-likeness (QED) is 0.270. The number of fused-ring (bicyclic) bond motifs is 1. The first-order chi connectivity index (χ1) is 18.1. The molecule has 4 rings (SSSR count). The molecule has 1 N–H and O–H groups in total. The number of methoxy groups -OCH3 is 1. The molecule has 0 saturated heterocycles. The molecule has 200 valence electrons. The van der Waals surface area contributed by atoms with Crippen LogP contribution in [0.3, 0.4) is 0 Å². The summed E-state index contributed by atoms with van der Waals surface area (Å²) >= 11 is 0. The molecule has 0 unspecified atom stereocenters. The summed E-state index contributed by atoms with van der Waals surface area (Å²) in [5.41, 5.74) is 1.40. The summed E-state index contributed by atoms with van der Waals surface area (Å²) in [5, 5.41) is 3.37.